The van der Waals surface area contributed by atoms with Gasteiger partial charge < -0.3 is 5.32 Å². The van der Waals surface area contributed by atoms with Crippen molar-refractivity contribution in [1.29, 1.82) is 0 Å². The van der Waals surface area contributed by atoms with Gasteiger partial charge in [-0.2, -0.15) is 0 Å². The van der Waals surface area contributed by atoms with Crippen LogP contribution in [-0.4, -0.2) is 11.8 Å². The number of para-hydroxylation sites is 1. The van der Waals surface area contributed by atoms with Crippen molar-refractivity contribution < 1.29 is 9.59 Å². The fraction of sp³-hybridized carbons (Fsp3) is 0.300. The number of amides is 2. The van der Waals surface area contributed by atoms with Crippen LogP contribution in [0.5, 0.6) is 0 Å². The quantitative estimate of drug-likeness (QED) is 0.866. The Morgan fingerprint density at radius 1 is 0.792 bits per heavy atom. The Morgan fingerprint density at radius 2 is 1.42 bits per heavy atom. The fourth-order valence-corrected chi connectivity index (χ4v) is 3.83. The van der Waals surface area contributed by atoms with Crippen LogP contribution < -0.4 is 10.2 Å². The molecule has 24 heavy (non-hydrogen) atoms. The summed E-state index contributed by atoms with van der Waals surface area (Å²) in [4.78, 5) is 26.8. The number of nitrogens with one attached hydrogen (secondary N) is 1. The second kappa shape index (κ2) is 6.11. The van der Waals surface area contributed by atoms with Crippen LogP contribution in [-0.2, 0) is 9.59 Å². The van der Waals surface area contributed by atoms with Crippen LogP contribution in [0, 0.1) is 11.8 Å². The van der Waals surface area contributed by atoms with Gasteiger partial charge in [-0.3, -0.25) is 9.59 Å². The van der Waals surface area contributed by atoms with Crippen molar-refractivity contribution in [3.8, 4) is 0 Å². The standard InChI is InChI=1S/C20H20N2O2/c23-19-17-11-4-5-12-18(17)20(24)22(19)16-10-6-9-15(13-16)21-14-7-2-1-3-8-14/h1-3,6-10,13,17-18,21H,4-5,11-12H2/t17-,18+. The Morgan fingerprint density at radius 3 is 2.08 bits per heavy atom. The van der Waals surface area contributed by atoms with Crippen LogP contribution in [0.4, 0.5) is 17.1 Å². The van der Waals surface area contributed by atoms with Gasteiger partial charge in [-0.15, -0.1) is 0 Å². The molecular formula is C20H20N2O2. The molecule has 1 aliphatic heterocycles. The van der Waals surface area contributed by atoms with Gasteiger partial charge in [-0.05, 0) is 43.2 Å². The SMILES string of the molecule is O=C1[C@H]2CCCC[C@H]2C(=O)N1c1cccc(Nc2ccccc2)c1. The molecule has 2 atom stereocenters. The Hall–Kier alpha value is -2.62. The predicted octanol–water partition coefficient (Wildman–Crippen LogP) is 4.11. The summed E-state index contributed by atoms with van der Waals surface area (Å²) < 4.78 is 0. The minimum absolute atomic E-state index is 0.0263. The smallest absolute Gasteiger partial charge is 0.237 e. The third-order valence-electron chi connectivity index (χ3n) is 5.01. The zero-order valence-corrected chi connectivity index (χ0v) is 13.4. The molecule has 2 fully saturated rings. The summed E-state index contributed by atoms with van der Waals surface area (Å²) in [5.74, 6) is -0.280. The first-order chi connectivity index (χ1) is 11.7. The van der Waals surface area contributed by atoms with Crippen molar-refractivity contribution in [2.24, 2.45) is 11.8 Å². The van der Waals surface area contributed by atoms with Crippen LogP contribution in [0.1, 0.15) is 25.7 Å². The Kier molecular flexibility index (Phi) is 3.81. The number of imide groups is 1. The summed E-state index contributed by atoms with van der Waals surface area (Å²) >= 11 is 0. The summed E-state index contributed by atoms with van der Waals surface area (Å²) in [6, 6.07) is 17.4. The Bertz CT molecular complexity index is 748. The van der Waals surface area contributed by atoms with E-state index in [2.05, 4.69) is 5.32 Å². The van der Waals surface area contributed by atoms with E-state index in [9.17, 15) is 9.59 Å². The highest BCUT2D eigenvalue weighted by Crippen LogP contribution is 2.40. The molecule has 1 saturated heterocycles. The normalized spacial score (nSPS) is 23.2. The van der Waals surface area contributed by atoms with Gasteiger partial charge >= 0.3 is 0 Å². The number of carbonyl (C=O) groups is 2. The molecular weight excluding hydrogens is 300 g/mol. The van der Waals surface area contributed by atoms with E-state index in [1.807, 2.05) is 54.6 Å². The van der Waals surface area contributed by atoms with E-state index in [-0.39, 0.29) is 23.7 Å². The molecule has 0 spiro atoms. The zero-order valence-electron chi connectivity index (χ0n) is 13.4. The van der Waals surface area contributed by atoms with E-state index in [1.54, 1.807) is 0 Å². The average Bonchev–Trinajstić information content (AvgIpc) is 2.87. The van der Waals surface area contributed by atoms with Gasteiger partial charge in [0.05, 0.1) is 17.5 Å². The molecule has 4 nitrogen and oxygen atoms in total. The minimum Gasteiger partial charge on any atom is -0.355 e. The number of hydrogen-bond acceptors (Lipinski definition) is 3. The van der Waals surface area contributed by atoms with Crippen molar-refractivity contribution in [3.63, 3.8) is 0 Å². The lowest BCUT2D eigenvalue weighted by molar-refractivity contribution is -0.122. The zero-order chi connectivity index (χ0) is 16.5. The second-order valence-corrected chi connectivity index (χ2v) is 6.55. The number of benzene rings is 2. The number of anilines is 3. The molecule has 0 bridgehead atoms. The third-order valence-corrected chi connectivity index (χ3v) is 5.01. The Balaban J connectivity index is 1.61. The van der Waals surface area contributed by atoms with Gasteiger partial charge in [0, 0.05) is 11.4 Å². The molecule has 2 aliphatic rings. The summed E-state index contributed by atoms with van der Waals surface area (Å²) in [5, 5.41) is 3.31. The molecule has 1 saturated carbocycles. The molecule has 1 aliphatic carbocycles. The van der Waals surface area contributed by atoms with Crippen LogP contribution in [0.25, 0.3) is 0 Å². The summed E-state index contributed by atoms with van der Waals surface area (Å²) in [7, 11) is 0. The predicted molar refractivity (Wildman–Crippen MR) is 94.1 cm³/mol. The van der Waals surface area contributed by atoms with Gasteiger partial charge in [0.2, 0.25) is 11.8 Å². The average molecular weight is 320 g/mol. The lowest BCUT2D eigenvalue weighted by Gasteiger charge is -2.19. The highest BCUT2D eigenvalue weighted by molar-refractivity contribution is 6.22. The molecule has 0 aromatic heterocycles. The molecule has 0 radical (unpaired) electrons. The van der Waals surface area contributed by atoms with Gasteiger partial charge in [-0.25, -0.2) is 4.90 Å². The first kappa shape index (κ1) is 14.9. The lowest BCUT2D eigenvalue weighted by atomic mass is 9.81. The van der Waals surface area contributed by atoms with E-state index in [4.69, 9.17) is 0 Å². The van der Waals surface area contributed by atoms with Gasteiger partial charge in [0.1, 0.15) is 0 Å². The molecule has 122 valence electrons. The van der Waals surface area contributed by atoms with E-state index in [0.717, 1.165) is 37.1 Å². The number of carbonyl (C=O) groups excluding carboxylic acids is 2. The number of nitrogens with zero attached hydrogens (tertiary/aromatic N) is 1. The first-order valence-electron chi connectivity index (χ1n) is 8.54. The maximum absolute atomic E-state index is 12.7. The van der Waals surface area contributed by atoms with Crippen LogP contribution in [0.2, 0.25) is 0 Å². The summed E-state index contributed by atoms with van der Waals surface area (Å²) in [5.41, 5.74) is 2.51. The monoisotopic (exact) mass is 320 g/mol. The lowest BCUT2D eigenvalue weighted by Crippen LogP contribution is -2.30. The summed E-state index contributed by atoms with van der Waals surface area (Å²) in [6.45, 7) is 0. The van der Waals surface area contributed by atoms with Crippen LogP contribution in [0.3, 0.4) is 0 Å². The Labute approximate surface area is 141 Å². The van der Waals surface area contributed by atoms with Crippen molar-refractivity contribution in [3.05, 3.63) is 54.6 Å². The van der Waals surface area contributed by atoms with E-state index < -0.39 is 0 Å². The van der Waals surface area contributed by atoms with Crippen molar-refractivity contribution >= 4 is 28.9 Å². The number of fused-ring (bicyclic) bond motifs is 1. The summed E-state index contributed by atoms with van der Waals surface area (Å²) in [6.07, 6.45) is 3.77. The topological polar surface area (TPSA) is 49.4 Å². The molecule has 2 amide bonds. The van der Waals surface area contributed by atoms with E-state index >= 15 is 0 Å². The highest BCUT2D eigenvalue weighted by Gasteiger charge is 2.48. The largest absolute Gasteiger partial charge is 0.355 e. The van der Waals surface area contributed by atoms with Crippen LogP contribution >= 0.6 is 0 Å². The van der Waals surface area contributed by atoms with Gasteiger partial charge in [0.15, 0.2) is 0 Å². The molecule has 2 aromatic rings. The van der Waals surface area contributed by atoms with E-state index in [0.29, 0.717) is 5.69 Å². The molecule has 1 heterocycles. The second-order valence-electron chi connectivity index (χ2n) is 6.55. The number of hydrogen-bond donors (Lipinski definition) is 1. The maximum atomic E-state index is 12.7. The molecule has 0 unspecified atom stereocenters. The highest BCUT2D eigenvalue weighted by atomic mass is 16.2. The fourth-order valence-electron chi connectivity index (χ4n) is 3.83. The molecule has 2 aromatic carbocycles. The molecule has 4 heteroatoms. The first-order valence-corrected chi connectivity index (χ1v) is 8.54. The van der Waals surface area contributed by atoms with Gasteiger partial charge in [0.25, 0.3) is 0 Å². The maximum Gasteiger partial charge on any atom is 0.237 e. The van der Waals surface area contributed by atoms with E-state index in [1.165, 1.54) is 4.90 Å². The number of rotatable bonds is 3. The molecule has 1 N–H and O–H groups in total. The van der Waals surface area contributed by atoms with Crippen LogP contribution in [0.15, 0.2) is 54.6 Å². The van der Waals surface area contributed by atoms with Crippen molar-refractivity contribution in [1.82, 2.24) is 0 Å². The third kappa shape index (κ3) is 2.58. The van der Waals surface area contributed by atoms with Crippen molar-refractivity contribution in [2.45, 2.75) is 25.7 Å². The van der Waals surface area contributed by atoms with Crippen molar-refractivity contribution in [2.75, 3.05) is 10.2 Å². The minimum atomic E-state index is -0.114. The molecule has 4 rings (SSSR count). The van der Waals surface area contributed by atoms with Gasteiger partial charge in [-0.1, -0.05) is 37.1 Å².